The number of benzene rings is 1. The number of ether oxygens (including phenoxy) is 1. The molecule has 0 saturated heterocycles. The van der Waals surface area contributed by atoms with Gasteiger partial charge in [0.15, 0.2) is 0 Å². The molecule has 13 heavy (non-hydrogen) atoms. The molecule has 0 unspecified atom stereocenters. The molecule has 0 bridgehead atoms. The van der Waals surface area contributed by atoms with Gasteiger partial charge in [0.05, 0.1) is 6.61 Å². The van der Waals surface area contributed by atoms with Crippen molar-refractivity contribution in [3.05, 3.63) is 29.8 Å². The highest BCUT2D eigenvalue weighted by atomic mass is 32.2. The van der Waals surface area contributed by atoms with Gasteiger partial charge in [-0.15, -0.1) is 0 Å². The van der Waals surface area contributed by atoms with Crippen LogP contribution < -0.4 is 0 Å². The third kappa shape index (κ3) is 3.79. The number of thioether (sulfide) groups is 1. The van der Waals surface area contributed by atoms with Crippen molar-refractivity contribution in [2.75, 3.05) is 6.61 Å². The van der Waals surface area contributed by atoms with Crippen LogP contribution in [0.15, 0.2) is 29.2 Å². The summed E-state index contributed by atoms with van der Waals surface area (Å²) < 4.78 is 5.77. The van der Waals surface area contributed by atoms with E-state index in [4.69, 9.17) is 17.0 Å². The van der Waals surface area contributed by atoms with E-state index in [1.54, 1.807) is 0 Å². The van der Waals surface area contributed by atoms with E-state index < -0.39 is 0 Å². The molecule has 1 nitrogen and oxygen atoms in total. The van der Waals surface area contributed by atoms with E-state index in [0.29, 0.717) is 11.0 Å². The van der Waals surface area contributed by atoms with Crippen LogP contribution in [0, 0.1) is 6.92 Å². The molecular weight excluding hydrogens is 200 g/mol. The van der Waals surface area contributed by atoms with Crippen LogP contribution in [0.3, 0.4) is 0 Å². The van der Waals surface area contributed by atoms with E-state index in [1.807, 2.05) is 19.1 Å². The van der Waals surface area contributed by atoms with Crippen molar-refractivity contribution in [1.29, 1.82) is 0 Å². The van der Waals surface area contributed by atoms with Crippen LogP contribution in [-0.2, 0) is 4.74 Å². The predicted molar refractivity (Wildman–Crippen MR) is 61.3 cm³/mol. The number of hydrogen-bond acceptors (Lipinski definition) is 3. The monoisotopic (exact) mass is 212 g/mol. The van der Waals surface area contributed by atoms with Crippen molar-refractivity contribution in [1.82, 2.24) is 0 Å². The standard InChI is InChI=1S/C10H12OS2/c1-3-11-10(12)13-9-6-4-5-8(2)7-9/h4-7H,3H2,1-2H3. The number of thiocarbonyl (C=S) groups is 1. The van der Waals surface area contributed by atoms with Crippen molar-refractivity contribution >= 4 is 28.4 Å². The summed E-state index contributed by atoms with van der Waals surface area (Å²) in [6.07, 6.45) is 0. The fraction of sp³-hybridized carbons (Fsp3) is 0.300. The van der Waals surface area contributed by atoms with Crippen LogP contribution in [0.5, 0.6) is 0 Å². The maximum absolute atomic E-state index is 5.18. The minimum atomic E-state index is 0.591. The van der Waals surface area contributed by atoms with Crippen LogP contribution >= 0.6 is 24.0 Å². The molecule has 0 N–H and O–H groups in total. The summed E-state index contributed by atoms with van der Waals surface area (Å²) in [5.74, 6) is 0. The molecule has 0 saturated carbocycles. The first kappa shape index (κ1) is 10.5. The van der Waals surface area contributed by atoms with Gasteiger partial charge in [0.1, 0.15) is 0 Å². The van der Waals surface area contributed by atoms with Crippen LogP contribution in [0.2, 0.25) is 0 Å². The van der Waals surface area contributed by atoms with Crippen LogP contribution in [0.1, 0.15) is 12.5 Å². The minimum absolute atomic E-state index is 0.591. The lowest BCUT2D eigenvalue weighted by molar-refractivity contribution is 0.346. The quantitative estimate of drug-likeness (QED) is 0.549. The average molecular weight is 212 g/mol. The molecule has 0 aliphatic rings. The normalized spacial score (nSPS) is 9.69. The molecule has 0 atom stereocenters. The molecule has 0 amide bonds. The molecule has 3 heteroatoms. The first-order valence-corrected chi connectivity index (χ1v) is 5.36. The van der Waals surface area contributed by atoms with E-state index in [-0.39, 0.29) is 0 Å². The maximum Gasteiger partial charge on any atom is 0.224 e. The van der Waals surface area contributed by atoms with Gasteiger partial charge < -0.3 is 4.74 Å². The second-order valence-electron chi connectivity index (χ2n) is 2.60. The Morgan fingerprint density at radius 3 is 2.92 bits per heavy atom. The van der Waals surface area contributed by atoms with Gasteiger partial charge in [-0.05, 0) is 50.0 Å². The highest BCUT2D eigenvalue weighted by Gasteiger charge is 1.99. The van der Waals surface area contributed by atoms with Gasteiger partial charge in [-0.2, -0.15) is 0 Å². The van der Waals surface area contributed by atoms with Crippen molar-refractivity contribution in [2.45, 2.75) is 18.7 Å². The minimum Gasteiger partial charge on any atom is -0.479 e. The van der Waals surface area contributed by atoms with Gasteiger partial charge in [-0.1, -0.05) is 17.7 Å². The summed E-state index contributed by atoms with van der Waals surface area (Å²) in [7, 11) is 0. The second kappa shape index (κ2) is 5.25. The van der Waals surface area contributed by atoms with Crippen molar-refractivity contribution in [3.63, 3.8) is 0 Å². The van der Waals surface area contributed by atoms with Crippen LogP contribution in [-0.4, -0.2) is 11.0 Å². The lowest BCUT2D eigenvalue weighted by atomic mass is 10.2. The molecule has 0 heterocycles. The second-order valence-corrected chi connectivity index (χ2v) is 4.28. The summed E-state index contributed by atoms with van der Waals surface area (Å²) in [6.45, 7) is 4.63. The SMILES string of the molecule is CCOC(=S)Sc1cccc(C)c1. The van der Waals surface area contributed by atoms with Crippen LogP contribution in [0.25, 0.3) is 0 Å². The Morgan fingerprint density at radius 2 is 2.31 bits per heavy atom. The van der Waals surface area contributed by atoms with E-state index in [2.05, 4.69) is 19.1 Å². The van der Waals surface area contributed by atoms with Crippen molar-refractivity contribution in [2.24, 2.45) is 0 Å². The molecule has 70 valence electrons. The Hall–Kier alpha value is -0.540. The third-order valence-electron chi connectivity index (χ3n) is 1.45. The Balaban J connectivity index is 2.58. The molecule has 0 spiro atoms. The van der Waals surface area contributed by atoms with E-state index in [9.17, 15) is 0 Å². The molecule has 1 aromatic carbocycles. The van der Waals surface area contributed by atoms with Crippen molar-refractivity contribution < 1.29 is 4.74 Å². The van der Waals surface area contributed by atoms with E-state index in [1.165, 1.54) is 17.3 Å². The zero-order valence-electron chi connectivity index (χ0n) is 7.74. The van der Waals surface area contributed by atoms with Gasteiger partial charge >= 0.3 is 0 Å². The molecule has 1 rings (SSSR count). The topological polar surface area (TPSA) is 9.23 Å². The number of rotatable bonds is 2. The number of aryl methyl sites for hydroxylation is 1. The Labute approximate surface area is 88.5 Å². The first-order valence-electron chi connectivity index (χ1n) is 4.13. The summed E-state index contributed by atoms with van der Waals surface area (Å²) in [5, 5.41) is 0. The average Bonchev–Trinajstić information content (AvgIpc) is 2.04. The predicted octanol–water partition coefficient (Wildman–Crippen LogP) is 3.41. The fourth-order valence-corrected chi connectivity index (χ4v) is 2.09. The largest absolute Gasteiger partial charge is 0.479 e. The zero-order valence-corrected chi connectivity index (χ0v) is 9.37. The van der Waals surface area contributed by atoms with Gasteiger partial charge in [0, 0.05) is 4.90 Å². The summed E-state index contributed by atoms with van der Waals surface area (Å²) in [5.41, 5.74) is 1.24. The van der Waals surface area contributed by atoms with Gasteiger partial charge in [-0.25, -0.2) is 0 Å². The zero-order chi connectivity index (χ0) is 9.68. The van der Waals surface area contributed by atoms with Gasteiger partial charge in [0.2, 0.25) is 4.38 Å². The third-order valence-corrected chi connectivity index (χ3v) is 2.59. The lowest BCUT2D eigenvalue weighted by Gasteiger charge is -2.04. The highest BCUT2D eigenvalue weighted by molar-refractivity contribution is 8.22. The van der Waals surface area contributed by atoms with E-state index in [0.717, 1.165) is 4.90 Å². The molecule has 0 aliphatic heterocycles. The Bertz CT molecular complexity index is 297. The van der Waals surface area contributed by atoms with Crippen molar-refractivity contribution in [3.8, 4) is 0 Å². The summed E-state index contributed by atoms with van der Waals surface area (Å²) in [4.78, 5) is 1.14. The molecule has 0 radical (unpaired) electrons. The smallest absolute Gasteiger partial charge is 0.224 e. The molecule has 0 fully saturated rings. The molecule has 1 aromatic rings. The van der Waals surface area contributed by atoms with Crippen LogP contribution in [0.4, 0.5) is 0 Å². The highest BCUT2D eigenvalue weighted by Crippen LogP contribution is 2.21. The Morgan fingerprint density at radius 1 is 1.54 bits per heavy atom. The van der Waals surface area contributed by atoms with Gasteiger partial charge in [0.25, 0.3) is 0 Å². The molecule has 0 aliphatic carbocycles. The molecule has 0 aromatic heterocycles. The summed E-state index contributed by atoms with van der Waals surface area (Å²) in [6, 6.07) is 8.21. The lowest BCUT2D eigenvalue weighted by Crippen LogP contribution is -1.94. The maximum atomic E-state index is 5.18. The van der Waals surface area contributed by atoms with E-state index >= 15 is 0 Å². The number of hydrogen-bond donors (Lipinski definition) is 0. The molecular formula is C10H12OS2. The Kier molecular flexibility index (Phi) is 4.25. The summed E-state index contributed by atoms with van der Waals surface area (Å²) >= 11 is 6.51. The van der Waals surface area contributed by atoms with Gasteiger partial charge in [-0.3, -0.25) is 0 Å². The first-order chi connectivity index (χ1) is 6.22. The fourth-order valence-electron chi connectivity index (χ4n) is 0.922.